The lowest BCUT2D eigenvalue weighted by Crippen LogP contribution is -2.50. The molecule has 28 heavy (non-hydrogen) atoms. The average molecular weight is 424 g/mol. The Bertz CT molecular complexity index is 869. The van der Waals surface area contributed by atoms with Crippen LogP contribution >= 0.6 is 23.2 Å². The van der Waals surface area contributed by atoms with Crippen molar-refractivity contribution in [3.63, 3.8) is 0 Å². The van der Waals surface area contributed by atoms with E-state index in [0.717, 1.165) is 11.1 Å². The van der Waals surface area contributed by atoms with Crippen LogP contribution in [0.1, 0.15) is 21.5 Å². The number of carboxylic acids is 1. The van der Waals surface area contributed by atoms with Gasteiger partial charge in [-0.2, -0.15) is 0 Å². The van der Waals surface area contributed by atoms with Crippen molar-refractivity contribution < 1.29 is 19.5 Å². The average Bonchev–Trinajstić information content (AvgIpc) is 2.64. The van der Waals surface area contributed by atoms with Crippen molar-refractivity contribution in [2.75, 3.05) is 6.54 Å². The first-order valence-electron chi connectivity index (χ1n) is 8.33. The summed E-state index contributed by atoms with van der Waals surface area (Å²) < 4.78 is 0. The number of carboxylic acid groups (broad SMARTS) is 1. The van der Waals surface area contributed by atoms with Crippen LogP contribution in [0.2, 0.25) is 10.0 Å². The van der Waals surface area contributed by atoms with Gasteiger partial charge in [-0.25, -0.2) is 9.59 Å². The van der Waals surface area contributed by atoms with Crippen molar-refractivity contribution in [2.24, 2.45) is 0 Å². The number of aliphatic carboxylic acids is 1. The summed E-state index contributed by atoms with van der Waals surface area (Å²) in [6, 6.07) is 10.1. The van der Waals surface area contributed by atoms with Crippen LogP contribution in [-0.2, 0) is 11.3 Å². The number of hydrogen-bond acceptors (Lipinski definition) is 3. The molecule has 0 spiro atoms. The first-order chi connectivity index (χ1) is 13.3. The van der Waals surface area contributed by atoms with Crippen molar-refractivity contribution >= 4 is 41.1 Å². The van der Waals surface area contributed by atoms with Gasteiger partial charge in [-0.05, 0) is 30.2 Å². The smallest absolute Gasteiger partial charge is 0.328 e. The lowest BCUT2D eigenvalue weighted by atomic mass is 10.1. The Kier molecular flexibility index (Phi) is 7.66. The van der Waals surface area contributed by atoms with Gasteiger partial charge < -0.3 is 21.1 Å². The van der Waals surface area contributed by atoms with Crippen molar-refractivity contribution in [1.29, 1.82) is 0 Å². The van der Waals surface area contributed by atoms with Crippen LogP contribution in [0.5, 0.6) is 0 Å². The van der Waals surface area contributed by atoms with Gasteiger partial charge in [0.25, 0.3) is 5.91 Å². The highest BCUT2D eigenvalue weighted by Crippen LogP contribution is 2.24. The van der Waals surface area contributed by atoms with Gasteiger partial charge in [0.1, 0.15) is 6.04 Å². The summed E-state index contributed by atoms with van der Waals surface area (Å²) in [5.74, 6) is -2.05. The molecule has 0 radical (unpaired) electrons. The lowest BCUT2D eigenvalue weighted by Gasteiger charge is -2.17. The maximum Gasteiger partial charge on any atom is 0.328 e. The lowest BCUT2D eigenvalue weighted by molar-refractivity contribution is -0.139. The molecule has 0 fully saturated rings. The predicted molar refractivity (Wildman–Crippen MR) is 107 cm³/mol. The molecule has 0 saturated carbocycles. The molecule has 7 nitrogen and oxygen atoms in total. The van der Waals surface area contributed by atoms with Gasteiger partial charge in [0.15, 0.2) is 0 Å². The van der Waals surface area contributed by atoms with Crippen molar-refractivity contribution in [1.82, 2.24) is 16.0 Å². The van der Waals surface area contributed by atoms with E-state index in [1.54, 1.807) is 6.07 Å². The maximum absolute atomic E-state index is 12.3. The molecule has 1 atom stereocenters. The van der Waals surface area contributed by atoms with Crippen LogP contribution in [0.4, 0.5) is 4.79 Å². The van der Waals surface area contributed by atoms with Gasteiger partial charge in [0.2, 0.25) is 0 Å². The number of aryl methyl sites for hydroxylation is 1. The van der Waals surface area contributed by atoms with Crippen LogP contribution in [0.15, 0.2) is 42.5 Å². The Labute approximate surface area is 172 Å². The van der Waals surface area contributed by atoms with Crippen LogP contribution < -0.4 is 16.0 Å². The number of carbonyl (C=O) groups excluding carboxylic acids is 2. The molecule has 148 valence electrons. The fourth-order valence-corrected chi connectivity index (χ4v) is 2.96. The molecule has 0 aliphatic rings. The van der Waals surface area contributed by atoms with Crippen molar-refractivity contribution in [3.05, 3.63) is 69.2 Å². The number of amides is 3. The highest BCUT2D eigenvalue weighted by atomic mass is 35.5. The zero-order chi connectivity index (χ0) is 20.7. The Hall–Kier alpha value is -2.77. The summed E-state index contributed by atoms with van der Waals surface area (Å²) >= 11 is 11.9. The Balaban J connectivity index is 1.92. The third-order valence-corrected chi connectivity index (χ3v) is 4.59. The molecule has 2 aromatic carbocycles. The van der Waals surface area contributed by atoms with Gasteiger partial charge in [-0.15, -0.1) is 0 Å². The summed E-state index contributed by atoms with van der Waals surface area (Å²) in [6.45, 7) is 1.89. The molecule has 0 unspecified atom stereocenters. The Morgan fingerprint density at radius 1 is 1.00 bits per heavy atom. The second-order valence-corrected chi connectivity index (χ2v) is 6.77. The Morgan fingerprint density at radius 2 is 1.64 bits per heavy atom. The molecule has 4 N–H and O–H groups in total. The Morgan fingerprint density at radius 3 is 2.25 bits per heavy atom. The van der Waals surface area contributed by atoms with E-state index in [1.165, 1.54) is 12.1 Å². The first kappa shape index (κ1) is 21.5. The quantitative estimate of drug-likeness (QED) is 0.548. The third kappa shape index (κ3) is 5.87. The van der Waals surface area contributed by atoms with Crippen LogP contribution in [0, 0.1) is 6.92 Å². The molecule has 2 aromatic rings. The predicted octanol–water partition coefficient (Wildman–Crippen LogP) is 2.98. The third-order valence-electron chi connectivity index (χ3n) is 3.96. The van der Waals surface area contributed by atoms with E-state index >= 15 is 0 Å². The highest BCUT2D eigenvalue weighted by Gasteiger charge is 2.24. The standard InChI is InChI=1S/C19H19Cl2N3O4/c1-11-5-2-3-6-12(11)9-22-19(28)23-10-15(18(26)27)24-17(25)16-13(20)7-4-8-14(16)21/h2-8,15H,9-10H2,1H3,(H,24,25)(H,26,27)(H2,22,23,28)/t15-/m0/s1. The number of halogens is 2. The second-order valence-electron chi connectivity index (χ2n) is 5.95. The van der Waals surface area contributed by atoms with Gasteiger partial charge in [0.05, 0.1) is 22.2 Å². The summed E-state index contributed by atoms with van der Waals surface area (Å²) in [7, 11) is 0. The van der Waals surface area contributed by atoms with Crippen molar-refractivity contribution in [2.45, 2.75) is 19.5 Å². The summed E-state index contributed by atoms with van der Waals surface area (Å²) in [5, 5.41) is 16.9. The monoisotopic (exact) mass is 423 g/mol. The van der Waals surface area contributed by atoms with E-state index in [0.29, 0.717) is 0 Å². The van der Waals surface area contributed by atoms with Gasteiger partial charge in [-0.1, -0.05) is 53.5 Å². The van der Waals surface area contributed by atoms with E-state index in [4.69, 9.17) is 23.2 Å². The molecular weight excluding hydrogens is 405 g/mol. The summed E-state index contributed by atoms with van der Waals surface area (Å²) in [5.41, 5.74) is 1.94. The fraction of sp³-hybridized carbons (Fsp3) is 0.211. The number of rotatable bonds is 7. The molecule has 3 amide bonds. The molecule has 0 aliphatic heterocycles. The second kappa shape index (κ2) is 9.96. The number of urea groups is 1. The molecule has 2 rings (SSSR count). The first-order valence-corrected chi connectivity index (χ1v) is 9.09. The van der Waals surface area contributed by atoms with Gasteiger partial charge in [-0.3, -0.25) is 4.79 Å². The zero-order valence-corrected chi connectivity index (χ0v) is 16.5. The minimum Gasteiger partial charge on any atom is -0.480 e. The molecule has 0 aliphatic carbocycles. The van der Waals surface area contributed by atoms with E-state index in [9.17, 15) is 19.5 Å². The van der Waals surface area contributed by atoms with E-state index in [-0.39, 0.29) is 28.7 Å². The number of nitrogens with one attached hydrogen (secondary N) is 3. The summed E-state index contributed by atoms with van der Waals surface area (Å²) in [6.07, 6.45) is 0. The molecule has 0 saturated heterocycles. The van der Waals surface area contributed by atoms with E-state index in [2.05, 4.69) is 16.0 Å². The number of hydrogen-bond donors (Lipinski definition) is 4. The minimum atomic E-state index is -1.36. The van der Waals surface area contributed by atoms with Crippen LogP contribution in [-0.4, -0.2) is 35.6 Å². The molecule has 0 heterocycles. The zero-order valence-electron chi connectivity index (χ0n) is 15.0. The largest absolute Gasteiger partial charge is 0.480 e. The highest BCUT2D eigenvalue weighted by molar-refractivity contribution is 6.39. The van der Waals surface area contributed by atoms with E-state index < -0.39 is 23.9 Å². The minimum absolute atomic E-state index is 0.0268. The van der Waals surface area contributed by atoms with Gasteiger partial charge in [0, 0.05) is 6.54 Å². The fourth-order valence-electron chi connectivity index (χ4n) is 2.39. The SMILES string of the molecule is Cc1ccccc1CNC(=O)NC[C@H](NC(=O)c1c(Cl)cccc1Cl)C(=O)O. The molecule has 9 heteroatoms. The van der Waals surface area contributed by atoms with Crippen molar-refractivity contribution in [3.8, 4) is 0 Å². The van der Waals surface area contributed by atoms with Gasteiger partial charge >= 0.3 is 12.0 Å². The normalized spacial score (nSPS) is 11.4. The van der Waals surface area contributed by atoms with Crippen LogP contribution in [0.3, 0.4) is 0 Å². The number of carbonyl (C=O) groups is 3. The molecular formula is C19H19Cl2N3O4. The topological polar surface area (TPSA) is 108 Å². The molecule has 0 bridgehead atoms. The summed E-state index contributed by atoms with van der Waals surface area (Å²) in [4.78, 5) is 35.7. The maximum atomic E-state index is 12.3. The van der Waals surface area contributed by atoms with E-state index in [1.807, 2.05) is 31.2 Å². The van der Waals surface area contributed by atoms with Crippen LogP contribution in [0.25, 0.3) is 0 Å². The number of benzene rings is 2. The molecule has 0 aromatic heterocycles.